The average molecular weight is 422 g/mol. The van der Waals surface area contributed by atoms with Gasteiger partial charge in [0.2, 0.25) is 0 Å². The lowest BCUT2D eigenvalue weighted by atomic mass is 10.1. The maximum Gasteiger partial charge on any atom is 0.256 e. The van der Waals surface area contributed by atoms with Crippen molar-refractivity contribution in [3.8, 4) is 0 Å². The predicted molar refractivity (Wildman–Crippen MR) is 127 cm³/mol. The summed E-state index contributed by atoms with van der Waals surface area (Å²) in [5.41, 5.74) is 5.80. The van der Waals surface area contributed by atoms with Crippen LogP contribution in [0.25, 0.3) is 21.9 Å². The van der Waals surface area contributed by atoms with Gasteiger partial charge in [-0.2, -0.15) is 0 Å². The first-order valence-corrected chi connectivity index (χ1v) is 10.4. The summed E-state index contributed by atoms with van der Waals surface area (Å²) in [6.07, 6.45) is 0.668. The minimum absolute atomic E-state index is 0.217. The highest BCUT2D eigenvalue weighted by Gasteiger charge is 2.14. The second-order valence-corrected chi connectivity index (χ2v) is 8.00. The van der Waals surface area contributed by atoms with Gasteiger partial charge in [0.05, 0.1) is 22.1 Å². The van der Waals surface area contributed by atoms with E-state index in [1.165, 1.54) is 11.6 Å². The molecule has 6 heteroatoms. The van der Waals surface area contributed by atoms with E-state index in [-0.39, 0.29) is 11.5 Å². The number of aromatic nitrogens is 3. The Morgan fingerprint density at radius 3 is 2.62 bits per heavy atom. The largest absolute Gasteiger partial charge is 0.342 e. The van der Waals surface area contributed by atoms with Gasteiger partial charge in [-0.25, -0.2) is 4.98 Å². The number of anilines is 1. The van der Waals surface area contributed by atoms with Crippen molar-refractivity contribution in [2.75, 3.05) is 5.32 Å². The molecule has 3 aromatic carbocycles. The molecule has 0 fully saturated rings. The highest BCUT2D eigenvalue weighted by atomic mass is 16.2. The van der Waals surface area contributed by atoms with Gasteiger partial charge in [-0.3, -0.25) is 9.59 Å². The summed E-state index contributed by atoms with van der Waals surface area (Å²) in [4.78, 5) is 33.2. The Bertz CT molecular complexity index is 1530. The average Bonchev–Trinajstić information content (AvgIpc) is 3.19. The van der Waals surface area contributed by atoms with Gasteiger partial charge in [0.1, 0.15) is 5.82 Å². The van der Waals surface area contributed by atoms with Gasteiger partial charge >= 0.3 is 0 Å². The lowest BCUT2D eigenvalue weighted by molar-refractivity contribution is 0.102. The molecule has 0 atom stereocenters. The van der Waals surface area contributed by atoms with E-state index >= 15 is 0 Å². The van der Waals surface area contributed by atoms with Crippen LogP contribution in [0.3, 0.4) is 0 Å². The third-order valence-electron chi connectivity index (χ3n) is 5.67. The van der Waals surface area contributed by atoms with Gasteiger partial charge in [0.25, 0.3) is 11.5 Å². The van der Waals surface area contributed by atoms with Crippen molar-refractivity contribution in [1.29, 1.82) is 0 Å². The number of nitrogens with one attached hydrogen (secondary N) is 2. The van der Waals surface area contributed by atoms with Crippen molar-refractivity contribution in [3.63, 3.8) is 0 Å². The Hall–Kier alpha value is -4.19. The van der Waals surface area contributed by atoms with Gasteiger partial charge in [0.15, 0.2) is 0 Å². The van der Waals surface area contributed by atoms with E-state index in [4.69, 9.17) is 0 Å². The van der Waals surface area contributed by atoms with Crippen LogP contribution >= 0.6 is 0 Å². The number of carbonyl (C=O) groups is 1. The number of hydrogen-bond donors (Lipinski definition) is 2. The molecule has 32 heavy (non-hydrogen) atoms. The summed E-state index contributed by atoms with van der Waals surface area (Å²) in [5.74, 6) is 0.591. The molecule has 2 aromatic heterocycles. The summed E-state index contributed by atoms with van der Waals surface area (Å²) in [6, 6.07) is 22.6. The topological polar surface area (TPSA) is 79.8 Å². The number of para-hydroxylation sites is 1. The maximum atomic E-state index is 12.9. The van der Waals surface area contributed by atoms with Gasteiger partial charge < -0.3 is 14.9 Å². The first-order chi connectivity index (χ1) is 15.5. The first-order valence-electron chi connectivity index (χ1n) is 10.4. The van der Waals surface area contributed by atoms with E-state index in [0.29, 0.717) is 17.7 Å². The van der Waals surface area contributed by atoms with Crippen molar-refractivity contribution in [1.82, 2.24) is 14.5 Å². The van der Waals surface area contributed by atoms with Crippen LogP contribution in [0.2, 0.25) is 0 Å². The van der Waals surface area contributed by atoms with Crippen molar-refractivity contribution in [2.45, 2.75) is 13.3 Å². The van der Waals surface area contributed by atoms with Crippen molar-refractivity contribution in [2.24, 2.45) is 7.05 Å². The van der Waals surface area contributed by atoms with Gasteiger partial charge in [0, 0.05) is 30.6 Å². The van der Waals surface area contributed by atoms with E-state index in [9.17, 15) is 9.59 Å². The molecule has 0 aliphatic heterocycles. The third-order valence-corrected chi connectivity index (χ3v) is 5.67. The number of nitrogens with zero attached hydrogens (tertiary/aromatic N) is 2. The summed E-state index contributed by atoms with van der Waals surface area (Å²) < 4.78 is 1.54. The molecule has 0 radical (unpaired) electrons. The Morgan fingerprint density at radius 1 is 1.03 bits per heavy atom. The molecule has 0 bridgehead atoms. The standard InChI is InChI=1S/C26H22N4O2/c1-16-7-12-21-22(13-16)29-24(28-21)14-17-8-10-18(11-9-17)27-26(32)20-15-25(31)30(2)23-6-4-3-5-19(20)23/h3-13,15H,14H2,1-2H3,(H,27,32)(H,28,29). The summed E-state index contributed by atoms with van der Waals surface area (Å²) in [7, 11) is 1.70. The third kappa shape index (κ3) is 3.67. The molecule has 0 saturated carbocycles. The van der Waals surface area contributed by atoms with Gasteiger partial charge in [-0.15, -0.1) is 0 Å². The summed E-state index contributed by atoms with van der Waals surface area (Å²) in [5, 5.41) is 3.64. The quantitative estimate of drug-likeness (QED) is 0.445. The smallest absolute Gasteiger partial charge is 0.256 e. The van der Waals surface area contributed by atoms with Crippen molar-refractivity contribution < 1.29 is 4.79 Å². The number of imidazole rings is 1. The number of carbonyl (C=O) groups excluding carboxylic acids is 1. The number of benzene rings is 3. The zero-order valence-corrected chi connectivity index (χ0v) is 17.8. The van der Waals surface area contributed by atoms with Crippen LogP contribution in [0.5, 0.6) is 0 Å². The SMILES string of the molecule is Cc1ccc2nc(Cc3ccc(NC(=O)c4cc(=O)n(C)c5ccccc45)cc3)[nH]c2c1. The van der Waals surface area contributed by atoms with Crippen molar-refractivity contribution in [3.05, 3.63) is 106 Å². The minimum atomic E-state index is -0.306. The number of hydrogen-bond acceptors (Lipinski definition) is 3. The van der Waals surface area contributed by atoms with E-state index in [1.54, 1.807) is 11.6 Å². The second-order valence-electron chi connectivity index (χ2n) is 8.00. The second kappa shape index (κ2) is 7.81. The van der Waals surface area contributed by atoms with Crippen LogP contribution in [-0.2, 0) is 13.5 Å². The Balaban J connectivity index is 1.35. The number of H-pyrrole nitrogens is 1. The molecule has 2 N–H and O–H groups in total. The van der Waals surface area contributed by atoms with Crippen LogP contribution in [0.4, 0.5) is 5.69 Å². The van der Waals surface area contributed by atoms with Crippen LogP contribution in [0.15, 0.2) is 77.6 Å². The molecule has 0 aliphatic carbocycles. The molecule has 158 valence electrons. The molecule has 2 heterocycles. The number of aryl methyl sites for hydroxylation is 2. The Labute approximate surface area is 184 Å². The number of fused-ring (bicyclic) bond motifs is 2. The Kier molecular flexibility index (Phi) is 4.82. The summed E-state index contributed by atoms with van der Waals surface area (Å²) >= 11 is 0. The van der Waals surface area contributed by atoms with Crippen LogP contribution in [0, 0.1) is 6.92 Å². The van der Waals surface area contributed by atoms with Crippen LogP contribution < -0.4 is 10.9 Å². The predicted octanol–water partition coefficient (Wildman–Crippen LogP) is 4.57. The molecular weight excluding hydrogens is 400 g/mol. The first kappa shape index (κ1) is 19.8. The van der Waals surface area contributed by atoms with E-state index < -0.39 is 0 Å². The molecule has 5 rings (SSSR count). The van der Waals surface area contributed by atoms with E-state index in [0.717, 1.165) is 33.3 Å². The number of pyridine rings is 1. The highest BCUT2D eigenvalue weighted by molar-refractivity contribution is 6.12. The molecule has 0 aliphatic rings. The zero-order chi connectivity index (χ0) is 22.2. The number of amides is 1. The lowest BCUT2D eigenvalue weighted by Crippen LogP contribution is -2.21. The van der Waals surface area contributed by atoms with Crippen LogP contribution in [-0.4, -0.2) is 20.4 Å². The van der Waals surface area contributed by atoms with Gasteiger partial charge in [-0.1, -0.05) is 36.4 Å². The monoisotopic (exact) mass is 422 g/mol. The van der Waals surface area contributed by atoms with Crippen LogP contribution in [0.1, 0.15) is 27.3 Å². The van der Waals surface area contributed by atoms with Gasteiger partial charge in [-0.05, 0) is 48.4 Å². The molecule has 0 spiro atoms. The fraction of sp³-hybridized carbons (Fsp3) is 0.115. The number of aromatic amines is 1. The number of rotatable bonds is 4. The van der Waals surface area contributed by atoms with E-state index in [1.807, 2.05) is 54.6 Å². The zero-order valence-electron chi connectivity index (χ0n) is 17.8. The fourth-order valence-electron chi connectivity index (χ4n) is 3.96. The van der Waals surface area contributed by atoms with Crippen molar-refractivity contribution >= 4 is 33.5 Å². The maximum absolute atomic E-state index is 12.9. The molecule has 0 saturated heterocycles. The summed E-state index contributed by atoms with van der Waals surface area (Å²) in [6.45, 7) is 2.06. The molecule has 1 amide bonds. The normalized spacial score (nSPS) is 11.2. The Morgan fingerprint density at radius 2 is 1.81 bits per heavy atom. The minimum Gasteiger partial charge on any atom is -0.342 e. The highest BCUT2D eigenvalue weighted by Crippen LogP contribution is 2.20. The molecule has 0 unspecified atom stereocenters. The van der Waals surface area contributed by atoms with E-state index in [2.05, 4.69) is 34.3 Å². The molecule has 6 nitrogen and oxygen atoms in total. The fourth-order valence-corrected chi connectivity index (χ4v) is 3.96. The lowest BCUT2D eigenvalue weighted by Gasteiger charge is -2.11. The molecule has 5 aromatic rings. The molecular formula is C26H22N4O2.